The number of benzene rings is 2. The molecule has 6 rings (SSSR count). The number of hydrogen-bond donors (Lipinski definition) is 2. The van der Waals surface area contributed by atoms with E-state index in [0.717, 1.165) is 47.4 Å². The molecule has 3 aromatic heterocycles. The van der Waals surface area contributed by atoms with Crippen molar-refractivity contribution >= 4 is 22.6 Å². The van der Waals surface area contributed by atoms with Gasteiger partial charge in [-0.25, -0.2) is 9.37 Å². The Bertz CT molecular complexity index is 1670. The van der Waals surface area contributed by atoms with Crippen LogP contribution in [-0.4, -0.2) is 43.1 Å². The molecule has 196 valence electrons. The lowest BCUT2D eigenvalue weighted by Gasteiger charge is -2.26. The first-order chi connectivity index (χ1) is 19.1. The van der Waals surface area contributed by atoms with Crippen molar-refractivity contribution in [3.8, 4) is 22.6 Å². The summed E-state index contributed by atoms with van der Waals surface area (Å²) in [6.45, 7) is 9.32. The van der Waals surface area contributed by atoms with Gasteiger partial charge >= 0.3 is 0 Å². The van der Waals surface area contributed by atoms with Crippen molar-refractivity contribution in [1.29, 1.82) is 0 Å². The van der Waals surface area contributed by atoms with Gasteiger partial charge in [-0.2, -0.15) is 5.10 Å². The number of halogens is 1. The minimum absolute atomic E-state index is 0.329. The fourth-order valence-corrected chi connectivity index (χ4v) is 5.33. The normalized spacial score (nSPS) is 14.4. The predicted octanol–water partition coefficient (Wildman–Crippen LogP) is 7.23. The van der Waals surface area contributed by atoms with Crippen LogP contribution >= 0.6 is 0 Å². The van der Waals surface area contributed by atoms with Gasteiger partial charge in [-0.15, -0.1) is 0 Å². The highest BCUT2D eigenvalue weighted by Gasteiger charge is 2.19. The van der Waals surface area contributed by atoms with E-state index in [-0.39, 0.29) is 5.82 Å². The number of rotatable bonds is 7. The molecule has 1 aliphatic rings. The zero-order valence-corrected chi connectivity index (χ0v) is 22.0. The number of pyridine rings is 1. The molecule has 4 heterocycles. The molecule has 2 aromatic carbocycles. The Morgan fingerprint density at radius 2 is 1.90 bits per heavy atom. The molecule has 0 aliphatic carbocycles. The van der Waals surface area contributed by atoms with Crippen molar-refractivity contribution in [2.45, 2.75) is 32.7 Å². The van der Waals surface area contributed by atoms with Crippen molar-refractivity contribution in [3.63, 3.8) is 0 Å². The van der Waals surface area contributed by atoms with Gasteiger partial charge < -0.3 is 4.98 Å². The number of H-pyrrole nitrogens is 2. The first kappa shape index (κ1) is 24.9. The van der Waals surface area contributed by atoms with Crippen LogP contribution in [0.25, 0.3) is 45.2 Å². The second-order valence-electron chi connectivity index (χ2n) is 10.1. The Balaban J connectivity index is 1.36. The lowest BCUT2D eigenvalue weighted by atomic mass is 10.0. The summed E-state index contributed by atoms with van der Waals surface area (Å²) in [5.74, 6) is 0.264. The largest absolute Gasteiger partial charge is 0.337 e. The minimum Gasteiger partial charge on any atom is -0.337 e. The summed E-state index contributed by atoms with van der Waals surface area (Å²) < 4.78 is 14.6. The maximum absolute atomic E-state index is 14.6. The van der Waals surface area contributed by atoms with E-state index in [0.29, 0.717) is 28.3 Å². The standard InChI is InChI=1S/C32H31FN6/c1-3-9-29-30(21(2)25-10-5-6-11-27(25)33)36-32(35-29)31-26-17-23(12-13-28(26)37-38-31)24-16-22(18-34-19-24)20-39-14-7-4-8-15-39/h3,5-6,9-13,16-19H,2,4,7-8,14-15,20H2,1H3,(H,35,36)(H,37,38)/b9-3-. The molecule has 1 saturated heterocycles. The number of imidazole rings is 1. The zero-order valence-electron chi connectivity index (χ0n) is 22.0. The number of nitrogens with zero attached hydrogens (tertiary/aromatic N) is 4. The van der Waals surface area contributed by atoms with Crippen molar-refractivity contribution in [2.75, 3.05) is 13.1 Å². The molecule has 1 fully saturated rings. The van der Waals surface area contributed by atoms with E-state index in [2.05, 4.69) is 49.8 Å². The SMILES string of the molecule is C=C(c1ccccc1F)c1nc(-c2n[nH]c3ccc(-c4cncc(CN5CCCCC5)c4)cc23)[nH]c1/C=C\C. The fourth-order valence-electron chi connectivity index (χ4n) is 5.33. The highest BCUT2D eigenvalue weighted by Crippen LogP contribution is 2.33. The minimum atomic E-state index is -0.329. The average molecular weight is 519 g/mol. The van der Waals surface area contributed by atoms with Gasteiger partial charge in [0.25, 0.3) is 0 Å². The molecule has 0 atom stereocenters. The van der Waals surface area contributed by atoms with Crippen molar-refractivity contribution in [1.82, 2.24) is 30.0 Å². The van der Waals surface area contributed by atoms with E-state index in [4.69, 9.17) is 4.98 Å². The number of aromatic amines is 2. The molecule has 1 aliphatic heterocycles. The van der Waals surface area contributed by atoms with Crippen LogP contribution in [0.2, 0.25) is 0 Å². The maximum Gasteiger partial charge on any atom is 0.159 e. The average Bonchev–Trinajstić information content (AvgIpc) is 3.58. The summed E-state index contributed by atoms with van der Waals surface area (Å²) >= 11 is 0. The fraction of sp³-hybridized carbons (Fsp3) is 0.219. The molecule has 0 saturated carbocycles. The first-order valence-electron chi connectivity index (χ1n) is 13.4. The number of aromatic nitrogens is 5. The van der Waals surface area contributed by atoms with E-state index in [9.17, 15) is 4.39 Å². The number of piperidine rings is 1. The van der Waals surface area contributed by atoms with Crippen LogP contribution in [0.3, 0.4) is 0 Å². The summed E-state index contributed by atoms with van der Waals surface area (Å²) in [6.07, 6.45) is 11.6. The molecular formula is C32H31FN6. The van der Waals surface area contributed by atoms with Gasteiger partial charge in [-0.05, 0) is 74.3 Å². The first-order valence-corrected chi connectivity index (χ1v) is 13.4. The third-order valence-corrected chi connectivity index (χ3v) is 7.32. The van der Waals surface area contributed by atoms with Gasteiger partial charge in [0.2, 0.25) is 0 Å². The monoisotopic (exact) mass is 518 g/mol. The second-order valence-corrected chi connectivity index (χ2v) is 10.1. The summed E-state index contributed by atoms with van der Waals surface area (Å²) in [5, 5.41) is 8.66. The van der Waals surface area contributed by atoms with Crippen LogP contribution in [0.4, 0.5) is 4.39 Å². The maximum atomic E-state index is 14.6. The summed E-state index contributed by atoms with van der Waals surface area (Å²) in [4.78, 5) is 15.3. The van der Waals surface area contributed by atoms with Gasteiger partial charge in [-0.1, -0.05) is 43.3 Å². The van der Waals surface area contributed by atoms with Gasteiger partial charge in [0, 0.05) is 41.0 Å². The highest BCUT2D eigenvalue weighted by molar-refractivity contribution is 5.95. The Morgan fingerprint density at radius 3 is 2.72 bits per heavy atom. The predicted molar refractivity (Wildman–Crippen MR) is 155 cm³/mol. The Kier molecular flexibility index (Phi) is 6.90. The van der Waals surface area contributed by atoms with Crippen molar-refractivity contribution in [2.24, 2.45) is 0 Å². The van der Waals surface area contributed by atoms with E-state index < -0.39 is 0 Å². The molecule has 5 aromatic rings. The Morgan fingerprint density at radius 1 is 1.05 bits per heavy atom. The molecular weight excluding hydrogens is 487 g/mol. The number of nitrogens with one attached hydrogen (secondary N) is 2. The third-order valence-electron chi connectivity index (χ3n) is 7.32. The van der Waals surface area contributed by atoms with Gasteiger partial charge in [0.1, 0.15) is 11.5 Å². The lowest BCUT2D eigenvalue weighted by molar-refractivity contribution is 0.220. The Hall–Kier alpha value is -4.36. The summed E-state index contributed by atoms with van der Waals surface area (Å²) in [6, 6.07) is 15.1. The number of fused-ring (bicyclic) bond motifs is 1. The smallest absolute Gasteiger partial charge is 0.159 e. The zero-order chi connectivity index (χ0) is 26.8. The number of hydrogen-bond acceptors (Lipinski definition) is 4. The van der Waals surface area contributed by atoms with Gasteiger partial charge in [0.15, 0.2) is 5.82 Å². The highest BCUT2D eigenvalue weighted by atomic mass is 19.1. The molecule has 0 amide bonds. The summed E-state index contributed by atoms with van der Waals surface area (Å²) in [5.41, 5.74) is 7.24. The van der Waals surface area contributed by atoms with E-state index >= 15 is 0 Å². The van der Waals surface area contributed by atoms with E-state index in [1.807, 2.05) is 37.5 Å². The molecule has 2 N–H and O–H groups in total. The van der Waals surface area contributed by atoms with E-state index in [1.54, 1.807) is 18.2 Å². The number of allylic oxidation sites excluding steroid dienone is 1. The van der Waals surface area contributed by atoms with Crippen molar-refractivity contribution in [3.05, 3.63) is 102 Å². The second kappa shape index (κ2) is 10.8. The van der Waals surface area contributed by atoms with Crippen molar-refractivity contribution < 1.29 is 4.39 Å². The van der Waals surface area contributed by atoms with E-state index in [1.165, 1.54) is 30.9 Å². The van der Waals surface area contributed by atoms with Crippen LogP contribution < -0.4 is 0 Å². The number of likely N-dealkylation sites (tertiary alicyclic amines) is 1. The molecule has 0 unspecified atom stereocenters. The molecule has 0 bridgehead atoms. The van der Waals surface area contributed by atoms with Gasteiger partial charge in [-0.3, -0.25) is 15.0 Å². The molecule has 39 heavy (non-hydrogen) atoms. The molecule has 0 radical (unpaired) electrons. The van der Waals surface area contributed by atoms with Crippen LogP contribution in [0.5, 0.6) is 0 Å². The molecule has 0 spiro atoms. The summed E-state index contributed by atoms with van der Waals surface area (Å²) in [7, 11) is 0. The molecule has 6 nitrogen and oxygen atoms in total. The lowest BCUT2D eigenvalue weighted by Crippen LogP contribution is -2.29. The van der Waals surface area contributed by atoms with Crippen LogP contribution in [0.15, 0.2) is 73.6 Å². The van der Waals surface area contributed by atoms with Crippen LogP contribution in [0, 0.1) is 5.82 Å². The van der Waals surface area contributed by atoms with Crippen LogP contribution in [0.1, 0.15) is 48.7 Å². The third kappa shape index (κ3) is 5.05. The molecule has 7 heteroatoms. The van der Waals surface area contributed by atoms with Crippen LogP contribution in [-0.2, 0) is 6.54 Å². The van der Waals surface area contributed by atoms with Gasteiger partial charge in [0.05, 0.1) is 16.9 Å². The quantitative estimate of drug-likeness (QED) is 0.238. The Labute approximate surface area is 227 Å². The topological polar surface area (TPSA) is 73.5 Å².